The van der Waals surface area contributed by atoms with E-state index < -0.39 is 6.04 Å². The summed E-state index contributed by atoms with van der Waals surface area (Å²) in [7, 11) is 0. The molecule has 1 aliphatic rings. The Bertz CT molecular complexity index is 1070. The molecule has 3 rings (SSSR count). The Labute approximate surface area is 187 Å². The fourth-order valence-corrected chi connectivity index (χ4v) is 3.58. The van der Waals surface area contributed by atoms with E-state index in [4.69, 9.17) is 4.42 Å². The molecule has 7 heteroatoms. The fourth-order valence-electron chi connectivity index (χ4n) is 3.58. The Kier molecular flexibility index (Phi) is 7.44. The molecule has 1 aromatic heterocycles. The minimum atomic E-state index is -0.431. The van der Waals surface area contributed by atoms with Crippen molar-refractivity contribution < 1.29 is 18.8 Å². The van der Waals surface area contributed by atoms with Crippen LogP contribution in [0.3, 0.4) is 0 Å². The molecular weight excluding hydrogens is 406 g/mol. The summed E-state index contributed by atoms with van der Waals surface area (Å²) in [6.07, 6.45) is 8.97. The number of hydrogen-bond acceptors (Lipinski definition) is 5. The van der Waals surface area contributed by atoms with Gasteiger partial charge in [0.2, 0.25) is 5.91 Å². The topological polar surface area (TPSA) is 91.7 Å². The third kappa shape index (κ3) is 5.06. The highest BCUT2D eigenvalue weighted by atomic mass is 16.3. The summed E-state index contributed by atoms with van der Waals surface area (Å²) in [5.74, 6) is -0.179. The Hall–Kier alpha value is -3.87. The lowest BCUT2D eigenvalue weighted by Gasteiger charge is -2.22. The first-order valence-corrected chi connectivity index (χ1v) is 10.5. The van der Waals surface area contributed by atoms with E-state index in [1.54, 1.807) is 55.7 Å². The average Bonchev–Trinajstić information content (AvgIpc) is 3.38. The monoisotopic (exact) mass is 433 g/mol. The van der Waals surface area contributed by atoms with E-state index in [-0.39, 0.29) is 24.1 Å². The van der Waals surface area contributed by atoms with Crippen LogP contribution in [0.4, 0.5) is 5.69 Å². The quantitative estimate of drug-likeness (QED) is 0.428. The molecule has 0 spiro atoms. The lowest BCUT2D eigenvalue weighted by molar-refractivity contribution is -0.120. The Morgan fingerprint density at radius 2 is 2.03 bits per heavy atom. The van der Waals surface area contributed by atoms with E-state index in [1.807, 2.05) is 19.1 Å². The summed E-state index contributed by atoms with van der Waals surface area (Å²) in [6, 6.07) is 8.34. The van der Waals surface area contributed by atoms with Gasteiger partial charge in [-0.2, -0.15) is 0 Å². The standard InChI is InChI=1S/C25H27N3O4/c1-4-8-18(9-5-2)27-22(29)14-13-17(3)28-24(30)20-11-6-12-21(23(20)25(28)31)26-16-19-10-7-15-32-19/h4-12,15,17,26H,1,13-14,16H2,2-3H3,(H,27,29)/b9-5-,18-8+. The van der Waals surface area contributed by atoms with Crippen molar-refractivity contribution in [2.75, 3.05) is 5.32 Å². The van der Waals surface area contributed by atoms with E-state index in [2.05, 4.69) is 17.2 Å². The summed E-state index contributed by atoms with van der Waals surface area (Å²) in [4.78, 5) is 39.7. The summed E-state index contributed by atoms with van der Waals surface area (Å²) in [5, 5.41) is 5.98. The molecule has 7 nitrogen and oxygen atoms in total. The van der Waals surface area contributed by atoms with Gasteiger partial charge in [0.1, 0.15) is 5.76 Å². The van der Waals surface area contributed by atoms with Crippen LogP contribution in [-0.2, 0) is 11.3 Å². The van der Waals surface area contributed by atoms with Crippen molar-refractivity contribution in [1.82, 2.24) is 10.2 Å². The number of benzene rings is 1. The number of carbonyl (C=O) groups is 3. The van der Waals surface area contributed by atoms with Crippen LogP contribution in [0.2, 0.25) is 0 Å². The number of amides is 3. The first-order valence-electron chi connectivity index (χ1n) is 10.5. The van der Waals surface area contributed by atoms with Gasteiger partial charge in [-0.25, -0.2) is 0 Å². The van der Waals surface area contributed by atoms with Crippen LogP contribution in [0, 0.1) is 0 Å². The van der Waals surface area contributed by atoms with Crippen LogP contribution in [0.5, 0.6) is 0 Å². The number of nitrogens with one attached hydrogen (secondary N) is 2. The second kappa shape index (κ2) is 10.4. The lowest BCUT2D eigenvalue weighted by Crippen LogP contribution is -2.38. The number of fused-ring (bicyclic) bond motifs is 1. The molecule has 2 N–H and O–H groups in total. The number of anilines is 1. The van der Waals surface area contributed by atoms with Crippen molar-refractivity contribution in [3.05, 3.63) is 90.1 Å². The van der Waals surface area contributed by atoms with Gasteiger partial charge in [-0.3, -0.25) is 19.3 Å². The predicted octanol–water partition coefficient (Wildman–Crippen LogP) is 4.42. The van der Waals surface area contributed by atoms with Crippen LogP contribution in [0.15, 0.2) is 77.6 Å². The maximum absolute atomic E-state index is 13.1. The number of allylic oxidation sites excluding steroid dienone is 4. The molecule has 1 atom stereocenters. The zero-order chi connectivity index (χ0) is 23.1. The van der Waals surface area contributed by atoms with Gasteiger partial charge in [0, 0.05) is 23.8 Å². The highest BCUT2D eigenvalue weighted by Crippen LogP contribution is 2.31. The van der Waals surface area contributed by atoms with Crippen molar-refractivity contribution in [2.24, 2.45) is 0 Å². The van der Waals surface area contributed by atoms with Crippen molar-refractivity contribution in [3.63, 3.8) is 0 Å². The largest absolute Gasteiger partial charge is 0.467 e. The molecule has 2 heterocycles. The molecule has 1 aromatic carbocycles. The minimum Gasteiger partial charge on any atom is -0.467 e. The second-order valence-corrected chi connectivity index (χ2v) is 7.43. The summed E-state index contributed by atoms with van der Waals surface area (Å²) in [5.41, 5.74) is 1.92. The SMILES string of the molecule is C=C/C=C(\C=C/C)NC(=O)CCC(C)N1C(=O)c2cccc(NCc3ccco3)c2C1=O. The number of rotatable bonds is 10. The van der Waals surface area contributed by atoms with Crippen LogP contribution < -0.4 is 10.6 Å². The molecule has 0 saturated heterocycles. The third-order valence-corrected chi connectivity index (χ3v) is 5.14. The van der Waals surface area contributed by atoms with E-state index in [1.165, 1.54) is 4.90 Å². The molecule has 1 aliphatic heterocycles. The molecule has 0 aliphatic carbocycles. The second-order valence-electron chi connectivity index (χ2n) is 7.43. The number of furan rings is 1. The van der Waals surface area contributed by atoms with Crippen LogP contribution in [-0.4, -0.2) is 28.7 Å². The maximum Gasteiger partial charge on any atom is 0.263 e. The molecule has 0 saturated carbocycles. The van der Waals surface area contributed by atoms with E-state index in [0.29, 0.717) is 35.5 Å². The van der Waals surface area contributed by atoms with Gasteiger partial charge in [0.05, 0.1) is 23.9 Å². The first-order chi connectivity index (χ1) is 15.5. The molecule has 0 radical (unpaired) electrons. The Balaban J connectivity index is 1.66. The van der Waals surface area contributed by atoms with Gasteiger partial charge in [-0.05, 0) is 56.7 Å². The molecule has 0 bridgehead atoms. The number of hydrogen-bond donors (Lipinski definition) is 2. The first kappa shape index (κ1) is 22.8. The number of imide groups is 1. The summed E-state index contributed by atoms with van der Waals surface area (Å²) < 4.78 is 5.32. The smallest absolute Gasteiger partial charge is 0.263 e. The van der Waals surface area contributed by atoms with Gasteiger partial charge < -0.3 is 15.1 Å². The van der Waals surface area contributed by atoms with Gasteiger partial charge in [-0.15, -0.1) is 0 Å². The summed E-state index contributed by atoms with van der Waals surface area (Å²) in [6.45, 7) is 7.66. The van der Waals surface area contributed by atoms with E-state index in [0.717, 1.165) is 5.76 Å². The van der Waals surface area contributed by atoms with Gasteiger partial charge in [0.15, 0.2) is 0 Å². The van der Waals surface area contributed by atoms with E-state index in [9.17, 15) is 14.4 Å². The van der Waals surface area contributed by atoms with Crippen LogP contribution in [0.25, 0.3) is 0 Å². The number of nitrogens with zero attached hydrogens (tertiary/aromatic N) is 1. The third-order valence-electron chi connectivity index (χ3n) is 5.14. The van der Waals surface area contributed by atoms with Crippen LogP contribution in [0.1, 0.15) is 53.2 Å². The zero-order valence-corrected chi connectivity index (χ0v) is 18.3. The maximum atomic E-state index is 13.1. The molecule has 166 valence electrons. The van der Waals surface area contributed by atoms with Crippen LogP contribution >= 0.6 is 0 Å². The average molecular weight is 434 g/mol. The van der Waals surface area contributed by atoms with Gasteiger partial charge in [0.25, 0.3) is 11.8 Å². The van der Waals surface area contributed by atoms with Crippen molar-refractivity contribution in [1.29, 1.82) is 0 Å². The van der Waals surface area contributed by atoms with Crippen molar-refractivity contribution in [2.45, 2.75) is 39.3 Å². The normalized spacial score (nSPS) is 14.6. The zero-order valence-electron chi connectivity index (χ0n) is 18.3. The van der Waals surface area contributed by atoms with Crippen molar-refractivity contribution in [3.8, 4) is 0 Å². The minimum absolute atomic E-state index is 0.171. The highest BCUT2D eigenvalue weighted by Gasteiger charge is 2.40. The fraction of sp³-hybridized carbons (Fsp3) is 0.240. The highest BCUT2D eigenvalue weighted by molar-refractivity contribution is 6.23. The molecule has 2 aromatic rings. The summed E-state index contributed by atoms with van der Waals surface area (Å²) >= 11 is 0. The van der Waals surface area contributed by atoms with Gasteiger partial charge in [-0.1, -0.05) is 24.8 Å². The van der Waals surface area contributed by atoms with Gasteiger partial charge >= 0.3 is 0 Å². The Morgan fingerprint density at radius 1 is 1.22 bits per heavy atom. The Morgan fingerprint density at radius 3 is 2.72 bits per heavy atom. The molecule has 1 unspecified atom stereocenters. The number of carbonyl (C=O) groups excluding carboxylic acids is 3. The lowest BCUT2D eigenvalue weighted by atomic mass is 10.1. The molecular formula is C25H27N3O4. The molecule has 32 heavy (non-hydrogen) atoms. The molecule has 0 fully saturated rings. The van der Waals surface area contributed by atoms with Crippen molar-refractivity contribution >= 4 is 23.4 Å². The predicted molar refractivity (Wildman–Crippen MR) is 123 cm³/mol. The van der Waals surface area contributed by atoms with E-state index >= 15 is 0 Å². The molecule has 3 amide bonds.